The topological polar surface area (TPSA) is 67.6 Å². The molecule has 1 saturated heterocycles. The second-order valence-corrected chi connectivity index (χ2v) is 5.32. The van der Waals surface area contributed by atoms with Gasteiger partial charge in [0.25, 0.3) is 0 Å². The van der Waals surface area contributed by atoms with Gasteiger partial charge in [0.05, 0.1) is 11.3 Å². The number of hydrogen-bond acceptors (Lipinski definition) is 4. The van der Waals surface area contributed by atoms with Gasteiger partial charge in [0.15, 0.2) is 0 Å². The van der Waals surface area contributed by atoms with Crippen molar-refractivity contribution >= 4 is 5.97 Å². The van der Waals surface area contributed by atoms with Crippen LogP contribution in [0.15, 0.2) is 12.3 Å². The molecule has 1 aromatic heterocycles. The largest absolute Gasteiger partial charge is 0.480 e. The number of likely N-dealkylation sites (tertiary alicyclic amines) is 1. The first-order valence-electron chi connectivity index (χ1n) is 6.61. The van der Waals surface area contributed by atoms with Crippen LogP contribution in [0.5, 0.6) is 0 Å². The first kappa shape index (κ1) is 14.0. The second kappa shape index (κ2) is 5.71. The Morgan fingerprint density at radius 2 is 2.32 bits per heavy atom. The van der Waals surface area contributed by atoms with Crippen LogP contribution in [-0.4, -0.2) is 51.1 Å². The van der Waals surface area contributed by atoms with E-state index in [1.807, 2.05) is 23.9 Å². The van der Waals surface area contributed by atoms with Crippen molar-refractivity contribution in [2.45, 2.75) is 39.0 Å². The number of rotatable bonds is 7. The number of hydrogen-bond donors (Lipinski definition) is 1. The van der Waals surface area contributed by atoms with E-state index in [2.05, 4.69) is 16.9 Å². The lowest BCUT2D eigenvalue weighted by Crippen LogP contribution is -2.61. The lowest BCUT2D eigenvalue weighted by molar-refractivity contribution is -0.166. The van der Waals surface area contributed by atoms with E-state index in [1.54, 1.807) is 0 Å². The molecule has 106 valence electrons. The Kier molecular flexibility index (Phi) is 4.21. The lowest BCUT2D eigenvalue weighted by Gasteiger charge is -2.47. The molecule has 6 heteroatoms. The standard InChI is InChI=1S/C13H21N3O3/c1-3-6-16-11(4-5-14-16)7-15-9-13(2,10-15)19-8-12(17)18/h4-5H,3,6-10H2,1-2H3,(H,17,18). The molecule has 1 aliphatic heterocycles. The van der Waals surface area contributed by atoms with Gasteiger partial charge in [-0.15, -0.1) is 0 Å². The third-order valence-electron chi connectivity index (χ3n) is 3.29. The van der Waals surface area contributed by atoms with Crippen molar-refractivity contribution in [1.29, 1.82) is 0 Å². The van der Waals surface area contributed by atoms with Crippen LogP contribution in [-0.2, 0) is 22.6 Å². The molecule has 0 aromatic carbocycles. The van der Waals surface area contributed by atoms with Crippen LogP contribution in [0.2, 0.25) is 0 Å². The molecule has 1 fully saturated rings. The van der Waals surface area contributed by atoms with Crippen molar-refractivity contribution in [1.82, 2.24) is 14.7 Å². The zero-order valence-electron chi connectivity index (χ0n) is 11.5. The van der Waals surface area contributed by atoms with Crippen molar-refractivity contribution in [2.75, 3.05) is 19.7 Å². The molecule has 1 aliphatic rings. The van der Waals surface area contributed by atoms with E-state index in [1.165, 1.54) is 5.69 Å². The first-order valence-corrected chi connectivity index (χ1v) is 6.61. The summed E-state index contributed by atoms with van der Waals surface area (Å²) in [6, 6.07) is 2.03. The van der Waals surface area contributed by atoms with Gasteiger partial charge < -0.3 is 9.84 Å². The Labute approximate surface area is 113 Å². The van der Waals surface area contributed by atoms with E-state index in [9.17, 15) is 4.79 Å². The number of carboxylic acids is 1. The van der Waals surface area contributed by atoms with Crippen LogP contribution in [0, 0.1) is 0 Å². The Hall–Kier alpha value is -1.40. The van der Waals surface area contributed by atoms with Gasteiger partial charge in [-0.1, -0.05) is 6.92 Å². The fourth-order valence-electron chi connectivity index (χ4n) is 2.48. The maximum atomic E-state index is 10.5. The maximum absolute atomic E-state index is 10.5. The summed E-state index contributed by atoms with van der Waals surface area (Å²) in [7, 11) is 0. The highest BCUT2D eigenvalue weighted by Gasteiger charge is 2.40. The van der Waals surface area contributed by atoms with Crippen LogP contribution >= 0.6 is 0 Å². The van der Waals surface area contributed by atoms with Crippen LogP contribution in [0.3, 0.4) is 0 Å². The summed E-state index contributed by atoms with van der Waals surface area (Å²) >= 11 is 0. The molecule has 0 amide bonds. The fraction of sp³-hybridized carbons (Fsp3) is 0.692. The van der Waals surface area contributed by atoms with E-state index in [0.29, 0.717) is 0 Å². The number of ether oxygens (including phenoxy) is 1. The van der Waals surface area contributed by atoms with E-state index >= 15 is 0 Å². The van der Waals surface area contributed by atoms with Gasteiger partial charge in [-0.25, -0.2) is 4.79 Å². The molecular formula is C13H21N3O3. The monoisotopic (exact) mass is 267 g/mol. The third kappa shape index (κ3) is 3.54. The number of nitrogens with zero attached hydrogens (tertiary/aromatic N) is 3. The summed E-state index contributed by atoms with van der Waals surface area (Å²) < 4.78 is 7.41. The zero-order chi connectivity index (χ0) is 13.9. The summed E-state index contributed by atoms with van der Waals surface area (Å²) in [5.74, 6) is -0.916. The van der Waals surface area contributed by atoms with E-state index < -0.39 is 5.97 Å². The van der Waals surface area contributed by atoms with Crippen molar-refractivity contribution in [3.8, 4) is 0 Å². The number of aromatic nitrogens is 2. The number of carboxylic acid groups (broad SMARTS) is 1. The number of carbonyl (C=O) groups is 1. The lowest BCUT2D eigenvalue weighted by atomic mass is 9.96. The van der Waals surface area contributed by atoms with Gasteiger partial charge in [0.1, 0.15) is 6.61 Å². The van der Waals surface area contributed by atoms with Gasteiger partial charge in [-0.05, 0) is 19.4 Å². The van der Waals surface area contributed by atoms with Crippen molar-refractivity contribution in [3.63, 3.8) is 0 Å². The highest BCUT2D eigenvalue weighted by atomic mass is 16.5. The molecule has 1 aromatic rings. The highest BCUT2D eigenvalue weighted by Crippen LogP contribution is 2.26. The maximum Gasteiger partial charge on any atom is 0.329 e. The molecule has 0 spiro atoms. The molecule has 0 aliphatic carbocycles. The molecular weight excluding hydrogens is 246 g/mol. The van der Waals surface area contributed by atoms with Crippen LogP contribution in [0.1, 0.15) is 26.0 Å². The number of aliphatic carboxylic acids is 1. The van der Waals surface area contributed by atoms with Gasteiger partial charge in [-0.3, -0.25) is 9.58 Å². The Morgan fingerprint density at radius 3 is 2.95 bits per heavy atom. The van der Waals surface area contributed by atoms with Gasteiger partial charge >= 0.3 is 5.97 Å². The predicted octanol–water partition coefficient (Wildman–Crippen LogP) is 0.969. The summed E-state index contributed by atoms with van der Waals surface area (Å²) in [6.45, 7) is 7.16. The van der Waals surface area contributed by atoms with Crippen molar-refractivity contribution in [2.24, 2.45) is 0 Å². The van der Waals surface area contributed by atoms with Crippen molar-refractivity contribution in [3.05, 3.63) is 18.0 Å². The minimum Gasteiger partial charge on any atom is -0.480 e. The SMILES string of the molecule is CCCn1nccc1CN1CC(C)(OCC(=O)O)C1. The molecule has 6 nitrogen and oxygen atoms in total. The van der Waals surface area contributed by atoms with Crippen LogP contribution in [0.25, 0.3) is 0 Å². The molecule has 0 atom stereocenters. The molecule has 2 heterocycles. The Balaban J connectivity index is 1.80. The van der Waals surface area contributed by atoms with E-state index in [-0.39, 0.29) is 12.2 Å². The number of aryl methyl sites for hydroxylation is 1. The minimum absolute atomic E-state index is 0.224. The Bertz CT molecular complexity index is 438. The third-order valence-corrected chi connectivity index (χ3v) is 3.29. The van der Waals surface area contributed by atoms with Crippen molar-refractivity contribution < 1.29 is 14.6 Å². The second-order valence-electron chi connectivity index (χ2n) is 5.32. The molecule has 1 N–H and O–H groups in total. The minimum atomic E-state index is -0.916. The summed E-state index contributed by atoms with van der Waals surface area (Å²) in [5.41, 5.74) is 0.871. The van der Waals surface area contributed by atoms with Gasteiger partial charge in [0, 0.05) is 32.4 Å². The molecule has 0 bridgehead atoms. The summed E-state index contributed by atoms with van der Waals surface area (Å²) in [4.78, 5) is 12.7. The smallest absolute Gasteiger partial charge is 0.329 e. The zero-order valence-corrected chi connectivity index (χ0v) is 11.5. The summed E-state index contributed by atoms with van der Waals surface area (Å²) in [5, 5.41) is 12.9. The average Bonchev–Trinajstić information content (AvgIpc) is 2.73. The molecule has 0 saturated carbocycles. The molecule has 19 heavy (non-hydrogen) atoms. The van der Waals surface area contributed by atoms with Gasteiger partial charge in [-0.2, -0.15) is 5.10 Å². The quantitative estimate of drug-likeness (QED) is 0.797. The van der Waals surface area contributed by atoms with E-state index in [0.717, 1.165) is 32.6 Å². The van der Waals surface area contributed by atoms with Crippen LogP contribution in [0.4, 0.5) is 0 Å². The molecule has 2 rings (SSSR count). The fourth-order valence-corrected chi connectivity index (χ4v) is 2.48. The van der Waals surface area contributed by atoms with Gasteiger partial charge in [0.2, 0.25) is 0 Å². The normalized spacial score (nSPS) is 18.2. The van der Waals surface area contributed by atoms with E-state index in [4.69, 9.17) is 9.84 Å². The average molecular weight is 267 g/mol. The summed E-state index contributed by atoms with van der Waals surface area (Å²) in [6.07, 6.45) is 2.89. The highest BCUT2D eigenvalue weighted by molar-refractivity contribution is 5.68. The first-order chi connectivity index (χ1) is 9.02. The molecule has 0 unspecified atom stereocenters. The predicted molar refractivity (Wildman–Crippen MR) is 69.8 cm³/mol. The molecule has 0 radical (unpaired) electrons. The van der Waals surface area contributed by atoms with Crippen LogP contribution < -0.4 is 0 Å². The Morgan fingerprint density at radius 1 is 1.58 bits per heavy atom.